The third kappa shape index (κ3) is 2.93. The predicted molar refractivity (Wildman–Crippen MR) is 82.7 cm³/mol. The number of aryl methyl sites for hydroxylation is 2. The second kappa shape index (κ2) is 6.17. The third-order valence-corrected chi connectivity index (χ3v) is 3.62. The lowest BCUT2D eigenvalue weighted by Gasteiger charge is -2.08. The quantitative estimate of drug-likeness (QED) is 0.787. The van der Waals surface area contributed by atoms with Gasteiger partial charge in [0, 0.05) is 6.42 Å². The predicted octanol–water partition coefficient (Wildman–Crippen LogP) is 2.43. The summed E-state index contributed by atoms with van der Waals surface area (Å²) < 4.78 is 6.61. The summed E-state index contributed by atoms with van der Waals surface area (Å²) in [5, 5.41) is 17.8. The Labute approximate surface area is 136 Å². The molecule has 8 nitrogen and oxygen atoms in total. The third-order valence-electron chi connectivity index (χ3n) is 3.30. The van der Waals surface area contributed by atoms with Crippen molar-refractivity contribution in [2.24, 2.45) is 0 Å². The molecule has 0 aliphatic carbocycles. The number of nitrogens with one attached hydrogen (secondary N) is 1. The number of nitrogens with zero attached hydrogens (tertiary/aromatic N) is 5. The highest BCUT2D eigenvalue weighted by Crippen LogP contribution is 2.24. The summed E-state index contributed by atoms with van der Waals surface area (Å²) in [6, 6.07) is 4.94. The highest BCUT2D eigenvalue weighted by molar-refractivity contribution is 6.34. The van der Waals surface area contributed by atoms with Crippen molar-refractivity contribution in [3.8, 4) is 5.69 Å². The topological polar surface area (TPSA) is 98.7 Å². The van der Waals surface area contributed by atoms with Gasteiger partial charge in [-0.25, -0.2) is 4.68 Å². The van der Waals surface area contributed by atoms with Gasteiger partial charge >= 0.3 is 0 Å². The minimum atomic E-state index is -0.334. The number of halogens is 1. The SMILES string of the molecule is CCc1onc(C)c1NC(=O)c1ccc(-n2cnnn2)cc1Cl. The molecule has 118 valence electrons. The van der Waals surface area contributed by atoms with Crippen molar-refractivity contribution in [3.63, 3.8) is 0 Å². The number of benzene rings is 1. The Morgan fingerprint density at radius 3 is 2.91 bits per heavy atom. The molecule has 3 rings (SSSR count). The van der Waals surface area contributed by atoms with Crippen LogP contribution in [0.3, 0.4) is 0 Å². The Balaban J connectivity index is 1.87. The molecule has 1 N–H and O–H groups in total. The van der Waals surface area contributed by atoms with Gasteiger partial charge in [0.25, 0.3) is 5.91 Å². The van der Waals surface area contributed by atoms with Gasteiger partial charge in [-0.1, -0.05) is 23.7 Å². The number of aromatic nitrogens is 5. The van der Waals surface area contributed by atoms with E-state index in [4.69, 9.17) is 16.1 Å². The molecule has 0 saturated heterocycles. The fourth-order valence-corrected chi connectivity index (χ4v) is 2.37. The minimum absolute atomic E-state index is 0.294. The molecule has 0 aliphatic heterocycles. The highest BCUT2D eigenvalue weighted by Gasteiger charge is 2.17. The second-order valence-electron chi connectivity index (χ2n) is 4.79. The first-order valence-corrected chi connectivity index (χ1v) is 7.27. The molecular weight excluding hydrogens is 320 g/mol. The van der Waals surface area contributed by atoms with Crippen molar-refractivity contribution in [1.82, 2.24) is 25.4 Å². The van der Waals surface area contributed by atoms with Gasteiger partial charge in [0.1, 0.15) is 17.7 Å². The van der Waals surface area contributed by atoms with Gasteiger partial charge in [-0.2, -0.15) is 0 Å². The van der Waals surface area contributed by atoms with Gasteiger partial charge in [-0.05, 0) is 35.5 Å². The summed E-state index contributed by atoms with van der Waals surface area (Å²) in [6.45, 7) is 3.68. The van der Waals surface area contributed by atoms with E-state index in [1.165, 1.54) is 11.0 Å². The Bertz CT molecular complexity index is 843. The minimum Gasteiger partial charge on any atom is -0.359 e. The van der Waals surface area contributed by atoms with E-state index in [0.29, 0.717) is 39.8 Å². The maximum absolute atomic E-state index is 12.4. The molecule has 0 atom stereocenters. The number of carbonyl (C=O) groups excluding carboxylic acids is 1. The molecule has 23 heavy (non-hydrogen) atoms. The maximum Gasteiger partial charge on any atom is 0.257 e. The fourth-order valence-electron chi connectivity index (χ4n) is 2.11. The summed E-state index contributed by atoms with van der Waals surface area (Å²) in [5.41, 5.74) is 2.20. The molecule has 2 heterocycles. The van der Waals surface area contributed by atoms with Gasteiger partial charge < -0.3 is 9.84 Å². The number of rotatable bonds is 4. The van der Waals surface area contributed by atoms with E-state index in [2.05, 4.69) is 26.0 Å². The first kappa shape index (κ1) is 15.2. The first-order valence-electron chi connectivity index (χ1n) is 6.89. The molecule has 3 aromatic rings. The van der Waals surface area contributed by atoms with E-state index in [1.807, 2.05) is 6.92 Å². The van der Waals surface area contributed by atoms with Crippen LogP contribution in [-0.2, 0) is 6.42 Å². The molecule has 0 saturated carbocycles. The Morgan fingerprint density at radius 2 is 2.26 bits per heavy atom. The number of hydrogen-bond donors (Lipinski definition) is 1. The van der Waals surface area contributed by atoms with E-state index >= 15 is 0 Å². The van der Waals surface area contributed by atoms with Crippen molar-refractivity contribution < 1.29 is 9.32 Å². The Hall–Kier alpha value is -2.74. The van der Waals surface area contributed by atoms with Crippen molar-refractivity contribution in [2.75, 3.05) is 5.32 Å². The molecular formula is C14H13ClN6O2. The zero-order valence-electron chi connectivity index (χ0n) is 12.4. The molecule has 1 amide bonds. The Kier molecular flexibility index (Phi) is 4.07. The average Bonchev–Trinajstić information content (AvgIpc) is 3.18. The van der Waals surface area contributed by atoms with Crippen LogP contribution in [0.25, 0.3) is 5.69 Å². The van der Waals surface area contributed by atoms with Crippen LogP contribution in [0.1, 0.15) is 28.7 Å². The maximum atomic E-state index is 12.4. The number of carbonyl (C=O) groups is 1. The van der Waals surface area contributed by atoms with Crippen LogP contribution in [0.15, 0.2) is 29.0 Å². The largest absolute Gasteiger partial charge is 0.359 e. The molecule has 0 spiro atoms. The van der Waals surface area contributed by atoms with E-state index < -0.39 is 0 Å². The molecule has 0 fully saturated rings. The summed E-state index contributed by atoms with van der Waals surface area (Å²) in [6.07, 6.45) is 2.07. The van der Waals surface area contributed by atoms with Crippen molar-refractivity contribution in [2.45, 2.75) is 20.3 Å². The molecule has 1 aromatic carbocycles. The summed E-state index contributed by atoms with van der Waals surface area (Å²) in [5.74, 6) is 0.288. The van der Waals surface area contributed by atoms with Crippen LogP contribution in [0.2, 0.25) is 5.02 Å². The summed E-state index contributed by atoms with van der Waals surface area (Å²) in [7, 11) is 0. The number of anilines is 1. The van der Waals surface area contributed by atoms with Crippen molar-refractivity contribution >= 4 is 23.2 Å². The normalized spacial score (nSPS) is 10.7. The van der Waals surface area contributed by atoms with Gasteiger partial charge in [-0.3, -0.25) is 4.79 Å². The lowest BCUT2D eigenvalue weighted by atomic mass is 10.1. The van der Waals surface area contributed by atoms with Crippen molar-refractivity contribution in [1.29, 1.82) is 0 Å². The van der Waals surface area contributed by atoms with Crippen LogP contribution in [-0.4, -0.2) is 31.3 Å². The highest BCUT2D eigenvalue weighted by atomic mass is 35.5. The fraction of sp³-hybridized carbons (Fsp3) is 0.214. The number of amides is 1. The zero-order chi connectivity index (χ0) is 16.4. The Morgan fingerprint density at radius 1 is 1.43 bits per heavy atom. The van der Waals surface area contributed by atoms with E-state index in [1.54, 1.807) is 25.1 Å². The van der Waals surface area contributed by atoms with Crippen LogP contribution in [0.4, 0.5) is 5.69 Å². The summed E-state index contributed by atoms with van der Waals surface area (Å²) >= 11 is 6.21. The molecule has 9 heteroatoms. The monoisotopic (exact) mass is 332 g/mol. The standard InChI is InChI=1S/C14H13ClN6O2/c1-3-12-13(8(2)18-23-12)17-14(22)10-5-4-9(6-11(10)15)21-7-16-19-20-21/h4-7H,3H2,1-2H3,(H,17,22). The lowest BCUT2D eigenvalue weighted by Crippen LogP contribution is -2.14. The van der Waals surface area contributed by atoms with E-state index in [9.17, 15) is 4.79 Å². The van der Waals surface area contributed by atoms with Crippen LogP contribution in [0, 0.1) is 6.92 Å². The zero-order valence-corrected chi connectivity index (χ0v) is 13.2. The van der Waals surface area contributed by atoms with E-state index in [0.717, 1.165) is 0 Å². The van der Waals surface area contributed by atoms with Crippen molar-refractivity contribution in [3.05, 3.63) is 46.6 Å². The molecule has 0 aliphatic rings. The molecule has 0 radical (unpaired) electrons. The lowest BCUT2D eigenvalue weighted by molar-refractivity contribution is 0.102. The van der Waals surface area contributed by atoms with E-state index in [-0.39, 0.29) is 5.91 Å². The second-order valence-corrected chi connectivity index (χ2v) is 5.20. The van der Waals surface area contributed by atoms with Crippen LogP contribution < -0.4 is 5.32 Å². The first-order chi connectivity index (χ1) is 11.1. The van der Waals surface area contributed by atoms with Gasteiger partial charge in [0.05, 0.1) is 16.3 Å². The van der Waals surface area contributed by atoms with Gasteiger partial charge in [-0.15, -0.1) is 5.10 Å². The molecule has 0 unspecified atom stereocenters. The summed E-state index contributed by atoms with van der Waals surface area (Å²) in [4.78, 5) is 12.4. The van der Waals surface area contributed by atoms with Gasteiger partial charge in [0.2, 0.25) is 0 Å². The van der Waals surface area contributed by atoms with Crippen LogP contribution in [0.5, 0.6) is 0 Å². The average molecular weight is 333 g/mol. The number of tetrazole rings is 1. The smallest absolute Gasteiger partial charge is 0.257 e. The molecule has 0 bridgehead atoms. The van der Waals surface area contributed by atoms with Gasteiger partial charge in [0.15, 0.2) is 5.76 Å². The number of hydrogen-bond acceptors (Lipinski definition) is 6. The molecule has 2 aromatic heterocycles. The van der Waals surface area contributed by atoms with Crippen LogP contribution >= 0.6 is 11.6 Å².